The molecule has 0 aromatic heterocycles. The third-order valence-electron chi connectivity index (χ3n) is 4.43. The summed E-state index contributed by atoms with van der Waals surface area (Å²) in [5, 5.41) is -0.304. The number of thioether (sulfide) groups is 1. The van der Waals surface area contributed by atoms with Gasteiger partial charge in [-0.3, -0.25) is 14.5 Å². The number of nitrogens with zero attached hydrogens (tertiary/aromatic N) is 1. The van der Waals surface area contributed by atoms with E-state index in [1.165, 1.54) is 4.90 Å². The molecule has 1 heterocycles. The smallest absolute Gasteiger partial charge is 0.343 e. The third kappa shape index (κ3) is 4.50. The summed E-state index contributed by atoms with van der Waals surface area (Å²) in [7, 11) is 0. The van der Waals surface area contributed by atoms with E-state index in [0.717, 1.165) is 17.3 Å². The molecule has 3 aromatic rings. The molecule has 1 fully saturated rings. The lowest BCUT2D eigenvalue weighted by Crippen LogP contribution is -2.27. The lowest BCUT2D eigenvalue weighted by atomic mass is 10.2. The summed E-state index contributed by atoms with van der Waals surface area (Å²) in [4.78, 5) is 38.8. The molecule has 0 atom stereocenters. The second kappa shape index (κ2) is 8.80. The number of hydrogen-bond donors (Lipinski definition) is 0. The number of amides is 2. The van der Waals surface area contributed by atoms with Gasteiger partial charge in [-0.05, 0) is 53.2 Å². The maximum Gasteiger partial charge on any atom is 0.343 e. The number of rotatable bonds is 5. The molecule has 1 aliphatic heterocycles. The normalized spacial score (nSPS) is 14.9. The van der Waals surface area contributed by atoms with Gasteiger partial charge in [0.25, 0.3) is 11.1 Å². The van der Waals surface area contributed by atoms with E-state index in [0.29, 0.717) is 21.8 Å². The number of benzene rings is 3. The molecule has 0 radical (unpaired) electrons. The van der Waals surface area contributed by atoms with E-state index >= 15 is 0 Å². The number of hydrogen-bond acceptors (Lipinski definition) is 5. The van der Waals surface area contributed by atoms with Crippen LogP contribution in [0.4, 0.5) is 4.79 Å². The van der Waals surface area contributed by atoms with E-state index in [1.807, 2.05) is 36.4 Å². The Balaban J connectivity index is 1.49. The van der Waals surface area contributed by atoms with Crippen molar-refractivity contribution in [3.63, 3.8) is 0 Å². The van der Waals surface area contributed by atoms with Crippen LogP contribution < -0.4 is 4.74 Å². The first-order valence-corrected chi connectivity index (χ1v) is 10.1. The van der Waals surface area contributed by atoms with Crippen LogP contribution in [0.5, 0.6) is 5.75 Å². The van der Waals surface area contributed by atoms with Crippen molar-refractivity contribution in [2.24, 2.45) is 0 Å². The van der Waals surface area contributed by atoms with Gasteiger partial charge in [0.2, 0.25) is 0 Å². The van der Waals surface area contributed by atoms with Crippen molar-refractivity contribution in [1.82, 2.24) is 4.90 Å². The van der Waals surface area contributed by atoms with Crippen LogP contribution in [-0.4, -0.2) is 22.0 Å². The minimum Gasteiger partial charge on any atom is -0.423 e. The zero-order valence-corrected chi connectivity index (χ0v) is 16.7. The fourth-order valence-electron chi connectivity index (χ4n) is 2.96. The second-order valence-electron chi connectivity index (χ2n) is 6.58. The van der Waals surface area contributed by atoms with Crippen LogP contribution in [0.3, 0.4) is 0 Å². The largest absolute Gasteiger partial charge is 0.423 e. The van der Waals surface area contributed by atoms with Crippen LogP contribution in [0.15, 0.2) is 89.8 Å². The molecule has 4 rings (SSSR count). The number of carbonyl (C=O) groups is 3. The second-order valence-corrected chi connectivity index (χ2v) is 7.57. The quantitative estimate of drug-likeness (QED) is 0.328. The molecule has 0 N–H and O–H groups in total. The van der Waals surface area contributed by atoms with Crippen LogP contribution in [0, 0.1) is 0 Å². The highest BCUT2D eigenvalue weighted by Crippen LogP contribution is 2.33. The Morgan fingerprint density at radius 3 is 2.33 bits per heavy atom. The van der Waals surface area contributed by atoms with E-state index in [1.54, 1.807) is 54.6 Å². The van der Waals surface area contributed by atoms with Gasteiger partial charge in [-0.2, -0.15) is 0 Å². The summed E-state index contributed by atoms with van der Waals surface area (Å²) in [6.45, 7) is 0.234. The van der Waals surface area contributed by atoms with Crippen molar-refractivity contribution in [2.75, 3.05) is 0 Å². The van der Waals surface area contributed by atoms with Crippen molar-refractivity contribution in [3.05, 3.63) is 107 Å². The van der Waals surface area contributed by atoms with Crippen LogP contribution in [-0.2, 0) is 11.3 Å². The molecule has 0 saturated carbocycles. The molecule has 1 aliphatic rings. The van der Waals surface area contributed by atoms with Gasteiger partial charge in [0.05, 0.1) is 17.0 Å². The van der Waals surface area contributed by atoms with Crippen molar-refractivity contribution >= 4 is 35.0 Å². The molecule has 3 aromatic carbocycles. The summed E-state index contributed by atoms with van der Waals surface area (Å²) in [6.07, 6.45) is 1.63. The molecule has 0 aliphatic carbocycles. The molecule has 30 heavy (non-hydrogen) atoms. The summed E-state index contributed by atoms with van der Waals surface area (Å²) in [5.41, 5.74) is 2.00. The Morgan fingerprint density at radius 1 is 0.900 bits per heavy atom. The first-order valence-electron chi connectivity index (χ1n) is 9.27. The molecule has 1 saturated heterocycles. The fraction of sp³-hybridized carbons (Fsp3) is 0.0417. The summed E-state index contributed by atoms with van der Waals surface area (Å²) >= 11 is 0.903. The monoisotopic (exact) mass is 415 g/mol. The summed E-state index contributed by atoms with van der Waals surface area (Å²) in [6, 6.07) is 24.9. The highest BCUT2D eigenvalue weighted by molar-refractivity contribution is 8.18. The molecule has 6 heteroatoms. The molecule has 0 spiro atoms. The highest BCUT2D eigenvalue weighted by Gasteiger charge is 2.34. The average molecular weight is 415 g/mol. The zero-order valence-electron chi connectivity index (χ0n) is 15.9. The van der Waals surface area contributed by atoms with Gasteiger partial charge in [0.15, 0.2) is 0 Å². The molecule has 2 amide bonds. The lowest BCUT2D eigenvalue weighted by molar-refractivity contribution is -0.123. The first-order chi connectivity index (χ1) is 14.6. The average Bonchev–Trinajstić information content (AvgIpc) is 3.02. The minimum atomic E-state index is -0.462. The van der Waals surface area contributed by atoms with Crippen LogP contribution >= 0.6 is 11.8 Å². The molecule has 5 nitrogen and oxygen atoms in total. The zero-order chi connectivity index (χ0) is 20.9. The van der Waals surface area contributed by atoms with E-state index in [-0.39, 0.29) is 17.7 Å². The molecule has 0 unspecified atom stereocenters. The Morgan fingerprint density at radius 2 is 1.60 bits per heavy atom. The van der Waals surface area contributed by atoms with Crippen molar-refractivity contribution < 1.29 is 19.1 Å². The molecule has 0 bridgehead atoms. The highest BCUT2D eigenvalue weighted by atomic mass is 32.2. The minimum absolute atomic E-state index is 0.234. The van der Waals surface area contributed by atoms with E-state index in [2.05, 4.69) is 0 Å². The lowest BCUT2D eigenvalue weighted by Gasteiger charge is -2.12. The van der Waals surface area contributed by atoms with Crippen molar-refractivity contribution in [3.8, 4) is 5.75 Å². The molecular formula is C24H17NO4S. The first kappa shape index (κ1) is 19.7. The van der Waals surface area contributed by atoms with Crippen molar-refractivity contribution in [2.45, 2.75) is 6.54 Å². The third-order valence-corrected chi connectivity index (χ3v) is 5.34. The van der Waals surface area contributed by atoms with Crippen LogP contribution in [0.1, 0.15) is 21.5 Å². The topological polar surface area (TPSA) is 63.7 Å². The molecule has 148 valence electrons. The van der Waals surface area contributed by atoms with Crippen molar-refractivity contribution in [1.29, 1.82) is 0 Å². The molecular weight excluding hydrogens is 398 g/mol. The van der Waals surface area contributed by atoms with Gasteiger partial charge >= 0.3 is 5.97 Å². The van der Waals surface area contributed by atoms with Gasteiger partial charge in [-0.25, -0.2) is 4.79 Å². The maximum atomic E-state index is 12.7. The standard InChI is InChI=1S/C24H17NO4S/c26-22-21(30-24(28)25(22)16-17-8-3-1-4-9-17)15-18-10-7-13-20(14-18)29-23(27)19-11-5-2-6-12-19/h1-15H,16H2/b21-15-. The van der Waals surface area contributed by atoms with Crippen LogP contribution in [0.25, 0.3) is 6.08 Å². The van der Waals surface area contributed by atoms with E-state index < -0.39 is 5.97 Å². The fourth-order valence-corrected chi connectivity index (χ4v) is 3.80. The van der Waals surface area contributed by atoms with Gasteiger partial charge < -0.3 is 4.74 Å². The number of ether oxygens (including phenoxy) is 1. The summed E-state index contributed by atoms with van der Waals surface area (Å²) in [5.74, 6) is -0.433. The SMILES string of the molecule is O=C(Oc1cccc(/C=C2\SC(=O)N(Cc3ccccc3)C2=O)c1)c1ccccc1. The number of imide groups is 1. The Labute approximate surface area is 178 Å². The Bertz CT molecular complexity index is 1130. The van der Waals surface area contributed by atoms with Gasteiger partial charge in [-0.15, -0.1) is 0 Å². The number of esters is 1. The van der Waals surface area contributed by atoms with Gasteiger partial charge in [-0.1, -0.05) is 60.7 Å². The van der Waals surface area contributed by atoms with E-state index in [9.17, 15) is 14.4 Å². The van der Waals surface area contributed by atoms with Crippen LogP contribution in [0.2, 0.25) is 0 Å². The maximum absolute atomic E-state index is 12.7. The predicted octanol–water partition coefficient (Wildman–Crippen LogP) is 5.14. The Kier molecular flexibility index (Phi) is 5.77. The Hall–Kier alpha value is -3.64. The number of carbonyl (C=O) groups excluding carboxylic acids is 3. The van der Waals surface area contributed by atoms with E-state index in [4.69, 9.17) is 4.74 Å². The van der Waals surface area contributed by atoms with Gasteiger partial charge in [0, 0.05) is 0 Å². The van der Waals surface area contributed by atoms with Gasteiger partial charge in [0.1, 0.15) is 5.75 Å². The predicted molar refractivity (Wildman–Crippen MR) is 116 cm³/mol. The summed E-state index contributed by atoms with van der Waals surface area (Å²) < 4.78 is 5.42.